The summed E-state index contributed by atoms with van der Waals surface area (Å²) < 4.78 is 0. The van der Waals surface area contributed by atoms with Crippen LogP contribution < -0.4 is 16.6 Å². The lowest BCUT2D eigenvalue weighted by Crippen LogP contribution is -2.43. The van der Waals surface area contributed by atoms with Crippen molar-refractivity contribution >= 4 is 11.8 Å². The molecule has 0 heterocycles. The summed E-state index contributed by atoms with van der Waals surface area (Å²) >= 11 is 0. The first-order valence-corrected chi connectivity index (χ1v) is 8.53. The number of hydrogen-bond donors (Lipinski definition) is 4. The molecule has 0 spiro atoms. The Bertz CT molecular complexity index is 605. The van der Waals surface area contributed by atoms with E-state index in [-0.39, 0.29) is 10.8 Å². The van der Waals surface area contributed by atoms with Crippen molar-refractivity contribution in [1.29, 1.82) is 0 Å². The highest BCUT2D eigenvalue weighted by Gasteiger charge is 2.26. The van der Waals surface area contributed by atoms with Gasteiger partial charge in [0.15, 0.2) is 0 Å². The second-order valence-corrected chi connectivity index (χ2v) is 8.37. The highest BCUT2D eigenvalue weighted by molar-refractivity contribution is 6.34. The number of amides is 2. The van der Waals surface area contributed by atoms with E-state index in [9.17, 15) is 14.7 Å². The largest absolute Gasteiger partial charge is 0.507 e. The molecule has 0 saturated heterocycles. The van der Waals surface area contributed by atoms with Crippen LogP contribution in [0.1, 0.15) is 64.7 Å². The maximum Gasteiger partial charge on any atom is 0.323 e. The van der Waals surface area contributed by atoms with E-state index < -0.39 is 11.8 Å². The molecular weight excluding hydrogens is 318 g/mol. The smallest absolute Gasteiger partial charge is 0.323 e. The van der Waals surface area contributed by atoms with Crippen molar-refractivity contribution in [1.82, 2.24) is 10.7 Å². The molecule has 1 aromatic carbocycles. The Hall–Kier alpha value is -2.08. The summed E-state index contributed by atoms with van der Waals surface area (Å²) in [5.41, 5.74) is 4.39. The van der Waals surface area contributed by atoms with E-state index in [2.05, 4.69) is 46.9 Å². The number of aryl methyl sites for hydroxylation is 1. The standard InChI is InChI=1S/C19H31N3O3/c1-18(2,3)13-10-12(11-14(15(13)23)19(4,5)6)8-7-9-21-16(24)17(25)22-20/h10-11,23H,7-9,20H2,1-6H3,(H,21,24)(H,22,25). The van der Waals surface area contributed by atoms with E-state index in [1.165, 1.54) is 0 Å². The van der Waals surface area contributed by atoms with Gasteiger partial charge in [-0.25, -0.2) is 5.84 Å². The number of nitrogens with one attached hydrogen (secondary N) is 2. The minimum absolute atomic E-state index is 0.173. The zero-order valence-electron chi connectivity index (χ0n) is 16.1. The van der Waals surface area contributed by atoms with Crippen LogP contribution in [-0.4, -0.2) is 23.5 Å². The van der Waals surface area contributed by atoms with E-state index >= 15 is 0 Å². The van der Waals surface area contributed by atoms with Crippen LogP contribution in [0.5, 0.6) is 5.75 Å². The third kappa shape index (κ3) is 5.74. The molecule has 0 fully saturated rings. The van der Waals surface area contributed by atoms with Gasteiger partial charge in [-0.05, 0) is 40.4 Å². The third-order valence-corrected chi connectivity index (χ3v) is 4.05. The summed E-state index contributed by atoms with van der Waals surface area (Å²) in [5, 5.41) is 13.2. The monoisotopic (exact) mass is 349 g/mol. The lowest BCUT2D eigenvalue weighted by molar-refractivity contribution is -0.139. The molecule has 2 amide bonds. The Morgan fingerprint density at radius 3 is 1.88 bits per heavy atom. The zero-order valence-corrected chi connectivity index (χ0v) is 16.1. The average Bonchev–Trinajstić information content (AvgIpc) is 2.49. The van der Waals surface area contributed by atoms with Gasteiger partial charge in [-0.3, -0.25) is 15.0 Å². The molecule has 1 aromatic rings. The van der Waals surface area contributed by atoms with E-state index in [1.54, 1.807) is 5.43 Å². The number of hydrogen-bond acceptors (Lipinski definition) is 4. The summed E-state index contributed by atoms with van der Waals surface area (Å²) in [7, 11) is 0. The first-order valence-electron chi connectivity index (χ1n) is 8.53. The van der Waals surface area contributed by atoms with Gasteiger partial charge in [-0.2, -0.15) is 0 Å². The molecule has 1 rings (SSSR count). The average molecular weight is 349 g/mol. The Morgan fingerprint density at radius 2 is 1.48 bits per heavy atom. The normalized spacial score (nSPS) is 12.0. The number of phenols is 1. The Balaban J connectivity index is 2.93. The summed E-state index contributed by atoms with van der Waals surface area (Å²) in [6.45, 7) is 12.8. The van der Waals surface area contributed by atoms with Gasteiger partial charge in [0.2, 0.25) is 0 Å². The number of rotatable bonds is 4. The number of carbonyl (C=O) groups is 2. The number of benzene rings is 1. The molecule has 0 radical (unpaired) electrons. The fraction of sp³-hybridized carbons (Fsp3) is 0.579. The lowest BCUT2D eigenvalue weighted by Gasteiger charge is -2.28. The maximum absolute atomic E-state index is 11.4. The first-order chi connectivity index (χ1) is 11.4. The van der Waals surface area contributed by atoms with Gasteiger partial charge in [-0.1, -0.05) is 53.7 Å². The van der Waals surface area contributed by atoms with Gasteiger partial charge in [0, 0.05) is 6.54 Å². The zero-order chi connectivity index (χ0) is 19.4. The number of carbonyl (C=O) groups excluding carboxylic acids is 2. The van der Waals surface area contributed by atoms with Gasteiger partial charge in [0.05, 0.1) is 0 Å². The van der Waals surface area contributed by atoms with Gasteiger partial charge >= 0.3 is 11.8 Å². The molecule has 0 bridgehead atoms. The SMILES string of the molecule is CC(C)(C)c1cc(CCCNC(=O)C(=O)NN)cc(C(C)(C)C)c1O. The molecule has 0 aromatic heterocycles. The van der Waals surface area contributed by atoms with Crippen LogP contribution in [0.25, 0.3) is 0 Å². The fourth-order valence-corrected chi connectivity index (χ4v) is 2.62. The number of hydrazine groups is 1. The van der Waals surface area contributed by atoms with Crippen LogP contribution in [0.2, 0.25) is 0 Å². The van der Waals surface area contributed by atoms with Gasteiger partial charge < -0.3 is 10.4 Å². The lowest BCUT2D eigenvalue weighted by atomic mass is 9.78. The predicted octanol–water partition coefficient (Wildman–Crippen LogP) is 2.03. The van der Waals surface area contributed by atoms with E-state index in [0.29, 0.717) is 18.7 Å². The van der Waals surface area contributed by atoms with E-state index in [0.717, 1.165) is 23.1 Å². The van der Waals surface area contributed by atoms with Crippen LogP contribution in [0.4, 0.5) is 0 Å². The van der Waals surface area contributed by atoms with E-state index in [4.69, 9.17) is 5.84 Å². The molecule has 0 aliphatic rings. The molecule has 0 saturated carbocycles. The van der Waals surface area contributed by atoms with E-state index in [1.807, 2.05) is 12.1 Å². The highest BCUT2D eigenvalue weighted by atomic mass is 16.3. The number of phenolic OH excluding ortho intramolecular Hbond substituents is 1. The Labute approximate surface area is 150 Å². The second-order valence-electron chi connectivity index (χ2n) is 8.37. The van der Waals surface area contributed by atoms with Crippen molar-refractivity contribution in [2.75, 3.05) is 6.54 Å². The van der Waals surface area contributed by atoms with Crippen LogP contribution >= 0.6 is 0 Å². The van der Waals surface area contributed by atoms with Crippen molar-refractivity contribution in [2.45, 2.75) is 65.2 Å². The summed E-state index contributed by atoms with van der Waals surface area (Å²) in [5.74, 6) is 3.68. The second kappa shape index (κ2) is 7.87. The molecule has 0 unspecified atom stereocenters. The Morgan fingerprint density at radius 1 is 1.00 bits per heavy atom. The minimum Gasteiger partial charge on any atom is -0.507 e. The quantitative estimate of drug-likeness (QED) is 0.219. The van der Waals surface area contributed by atoms with Crippen LogP contribution in [0.15, 0.2) is 12.1 Å². The van der Waals surface area contributed by atoms with Crippen molar-refractivity contribution < 1.29 is 14.7 Å². The molecule has 6 heteroatoms. The molecule has 25 heavy (non-hydrogen) atoms. The molecular formula is C19H31N3O3. The molecule has 0 aliphatic heterocycles. The van der Waals surface area contributed by atoms with Gasteiger partial charge in [-0.15, -0.1) is 0 Å². The van der Waals surface area contributed by atoms with Crippen molar-refractivity contribution in [3.8, 4) is 5.75 Å². The molecule has 140 valence electrons. The topological polar surface area (TPSA) is 104 Å². The molecule has 6 nitrogen and oxygen atoms in total. The predicted molar refractivity (Wildman–Crippen MR) is 99.2 cm³/mol. The number of nitrogens with two attached hydrogens (primary N) is 1. The van der Waals surface area contributed by atoms with Crippen LogP contribution in [0, 0.1) is 0 Å². The van der Waals surface area contributed by atoms with Gasteiger partial charge in [0.25, 0.3) is 0 Å². The molecule has 0 atom stereocenters. The maximum atomic E-state index is 11.4. The third-order valence-electron chi connectivity index (χ3n) is 4.05. The molecule has 0 aliphatic carbocycles. The fourth-order valence-electron chi connectivity index (χ4n) is 2.62. The van der Waals surface area contributed by atoms with Gasteiger partial charge in [0.1, 0.15) is 5.75 Å². The highest BCUT2D eigenvalue weighted by Crippen LogP contribution is 2.39. The van der Waals surface area contributed by atoms with Crippen molar-refractivity contribution in [3.05, 3.63) is 28.8 Å². The first kappa shape index (κ1) is 21.0. The number of aromatic hydroxyl groups is 1. The van der Waals surface area contributed by atoms with Crippen molar-refractivity contribution in [3.63, 3.8) is 0 Å². The van der Waals surface area contributed by atoms with Crippen LogP contribution in [0.3, 0.4) is 0 Å². The Kier molecular flexibility index (Phi) is 6.60. The molecule has 5 N–H and O–H groups in total. The summed E-state index contributed by atoms with van der Waals surface area (Å²) in [6, 6.07) is 4.05. The summed E-state index contributed by atoms with van der Waals surface area (Å²) in [6.07, 6.45) is 1.42. The summed E-state index contributed by atoms with van der Waals surface area (Å²) in [4.78, 5) is 22.4. The minimum atomic E-state index is -0.852. The van der Waals surface area contributed by atoms with Crippen LogP contribution in [-0.2, 0) is 26.8 Å². The van der Waals surface area contributed by atoms with Crippen molar-refractivity contribution in [2.24, 2.45) is 5.84 Å².